The highest BCUT2D eigenvalue weighted by Gasteiger charge is 2.11. The van der Waals surface area contributed by atoms with Crippen molar-refractivity contribution in [1.82, 2.24) is 4.98 Å². The summed E-state index contributed by atoms with van der Waals surface area (Å²) in [6.45, 7) is 0. The molecule has 0 radical (unpaired) electrons. The third-order valence-corrected chi connectivity index (χ3v) is 3.24. The summed E-state index contributed by atoms with van der Waals surface area (Å²) in [6.07, 6.45) is 0. The molecule has 0 bridgehead atoms. The van der Waals surface area contributed by atoms with Crippen LogP contribution in [0, 0.1) is 0 Å². The molecule has 0 atom stereocenters. The molecule has 1 aromatic heterocycles. The number of nitrogens with two attached hydrogens (primary N) is 1. The van der Waals surface area contributed by atoms with Crippen molar-refractivity contribution in [2.75, 3.05) is 5.73 Å². The van der Waals surface area contributed by atoms with Crippen molar-refractivity contribution in [2.24, 2.45) is 0 Å². The largest absolute Gasteiger partial charge is 0.435 e. The molecular formula is C13H8Cl2N2O. The summed E-state index contributed by atoms with van der Waals surface area (Å²) < 4.78 is 5.64. The molecule has 18 heavy (non-hydrogen) atoms. The molecular weight excluding hydrogens is 271 g/mol. The van der Waals surface area contributed by atoms with Gasteiger partial charge in [-0.1, -0.05) is 29.3 Å². The molecule has 0 fully saturated rings. The van der Waals surface area contributed by atoms with E-state index in [1.165, 1.54) is 0 Å². The topological polar surface area (TPSA) is 52.0 Å². The third-order valence-electron chi connectivity index (χ3n) is 2.61. The molecule has 2 N–H and O–H groups in total. The maximum absolute atomic E-state index is 6.03. The third kappa shape index (κ3) is 1.82. The van der Waals surface area contributed by atoms with Crippen LogP contribution in [0.4, 0.5) is 5.69 Å². The van der Waals surface area contributed by atoms with E-state index in [0.29, 0.717) is 32.7 Å². The molecule has 0 amide bonds. The lowest BCUT2D eigenvalue weighted by Crippen LogP contribution is -1.86. The van der Waals surface area contributed by atoms with Crippen molar-refractivity contribution in [3.05, 3.63) is 46.4 Å². The van der Waals surface area contributed by atoms with E-state index >= 15 is 0 Å². The average molecular weight is 279 g/mol. The Labute approximate surface area is 113 Å². The van der Waals surface area contributed by atoms with Crippen LogP contribution in [0.5, 0.6) is 0 Å². The second-order valence-electron chi connectivity index (χ2n) is 3.84. The summed E-state index contributed by atoms with van der Waals surface area (Å²) in [5.74, 6) is 0.472. The molecule has 3 nitrogen and oxygen atoms in total. The van der Waals surface area contributed by atoms with Gasteiger partial charge >= 0.3 is 0 Å². The van der Waals surface area contributed by atoms with Gasteiger partial charge in [-0.25, -0.2) is 4.98 Å². The standard InChI is InChI=1S/C13H8Cl2N2O/c14-8-2-1-3-11-12(8)18-13(17-11)7-4-5-10(16)9(15)6-7/h1-6H,16H2. The number of nitrogen functional groups attached to an aromatic ring is 1. The molecule has 0 spiro atoms. The van der Waals surface area contributed by atoms with E-state index < -0.39 is 0 Å². The Bertz CT molecular complexity index is 737. The summed E-state index contributed by atoms with van der Waals surface area (Å²) >= 11 is 12.0. The van der Waals surface area contributed by atoms with Gasteiger partial charge in [0.05, 0.1) is 15.7 Å². The number of halogens is 2. The quantitative estimate of drug-likeness (QED) is 0.672. The first kappa shape index (κ1) is 11.4. The molecule has 0 saturated heterocycles. The summed E-state index contributed by atoms with van der Waals surface area (Å²) in [7, 11) is 0. The molecule has 0 unspecified atom stereocenters. The van der Waals surface area contributed by atoms with Gasteiger partial charge < -0.3 is 10.2 Å². The minimum absolute atomic E-state index is 0.472. The zero-order chi connectivity index (χ0) is 12.7. The highest BCUT2D eigenvalue weighted by Crippen LogP contribution is 2.31. The van der Waals surface area contributed by atoms with Gasteiger partial charge in [-0.3, -0.25) is 0 Å². The molecule has 0 aliphatic carbocycles. The Hall–Kier alpha value is -1.71. The Morgan fingerprint density at radius 1 is 1.06 bits per heavy atom. The molecule has 0 saturated carbocycles. The van der Waals surface area contributed by atoms with Crippen LogP contribution < -0.4 is 5.73 Å². The highest BCUT2D eigenvalue weighted by molar-refractivity contribution is 6.34. The van der Waals surface area contributed by atoms with Crippen molar-refractivity contribution in [2.45, 2.75) is 0 Å². The number of aromatic nitrogens is 1. The molecule has 0 aliphatic heterocycles. The average Bonchev–Trinajstić information content (AvgIpc) is 2.78. The first-order valence-electron chi connectivity index (χ1n) is 5.25. The Balaban J connectivity index is 2.19. The first-order chi connectivity index (χ1) is 8.65. The second kappa shape index (κ2) is 4.19. The Morgan fingerprint density at radius 3 is 2.61 bits per heavy atom. The van der Waals surface area contributed by atoms with E-state index in [1.54, 1.807) is 24.3 Å². The summed E-state index contributed by atoms with van der Waals surface area (Å²) in [5, 5.41) is 1.01. The van der Waals surface area contributed by atoms with Crippen LogP contribution in [0.15, 0.2) is 40.8 Å². The van der Waals surface area contributed by atoms with Crippen LogP contribution in [-0.2, 0) is 0 Å². The molecule has 3 rings (SSSR count). The number of hydrogen-bond donors (Lipinski definition) is 1. The number of anilines is 1. The van der Waals surface area contributed by atoms with Gasteiger partial charge in [-0.05, 0) is 30.3 Å². The van der Waals surface area contributed by atoms with E-state index in [1.807, 2.05) is 12.1 Å². The van der Waals surface area contributed by atoms with Gasteiger partial charge in [0.15, 0.2) is 5.58 Å². The number of para-hydroxylation sites is 1. The van der Waals surface area contributed by atoms with E-state index in [2.05, 4.69) is 4.98 Å². The number of benzene rings is 2. The fourth-order valence-corrected chi connectivity index (χ4v) is 2.09. The van der Waals surface area contributed by atoms with Crippen molar-refractivity contribution in [3.63, 3.8) is 0 Å². The SMILES string of the molecule is Nc1ccc(-c2nc3cccc(Cl)c3o2)cc1Cl. The molecule has 90 valence electrons. The summed E-state index contributed by atoms with van der Waals surface area (Å²) in [4.78, 5) is 4.36. The van der Waals surface area contributed by atoms with Crippen molar-refractivity contribution >= 4 is 40.0 Å². The fourth-order valence-electron chi connectivity index (χ4n) is 1.70. The van der Waals surface area contributed by atoms with Crippen LogP contribution in [0.25, 0.3) is 22.6 Å². The molecule has 0 aliphatic rings. The second-order valence-corrected chi connectivity index (χ2v) is 4.66. The maximum Gasteiger partial charge on any atom is 0.227 e. The first-order valence-corrected chi connectivity index (χ1v) is 6.01. The van der Waals surface area contributed by atoms with Gasteiger partial charge in [0.1, 0.15) is 5.52 Å². The van der Waals surface area contributed by atoms with E-state index in [4.69, 9.17) is 33.4 Å². The minimum Gasteiger partial charge on any atom is -0.435 e. The summed E-state index contributed by atoms with van der Waals surface area (Å²) in [5.41, 5.74) is 8.23. The molecule has 5 heteroatoms. The lowest BCUT2D eigenvalue weighted by Gasteiger charge is -1.99. The monoisotopic (exact) mass is 278 g/mol. The molecule has 1 heterocycles. The Morgan fingerprint density at radius 2 is 1.89 bits per heavy atom. The highest BCUT2D eigenvalue weighted by atomic mass is 35.5. The zero-order valence-corrected chi connectivity index (χ0v) is 10.7. The van der Waals surface area contributed by atoms with Crippen molar-refractivity contribution in [1.29, 1.82) is 0 Å². The number of hydrogen-bond acceptors (Lipinski definition) is 3. The predicted octanol–water partition coefficient (Wildman–Crippen LogP) is 4.38. The molecule has 2 aromatic carbocycles. The van der Waals surface area contributed by atoms with Gasteiger partial charge in [0, 0.05) is 5.56 Å². The van der Waals surface area contributed by atoms with Gasteiger partial charge in [-0.2, -0.15) is 0 Å². The van der Waals surface area contributed by atoms with Crippen LogP contribution in [0.1, 0.15) is 0 Å². The van der Waals surface area contributed by atoms with Gasteiger partial charge in [0.2, 0.25) is 5.89 Å². The smallest absolute Gasteiger partial charge is 0.227 e. The van der Waals surface area contributed by atoms with E-state index in [-0.39, 0.29) is 0 Å². The zero-order valence-electron chi connectivity index (χ0n) is 9.15. The van der Waals surface area contributed by atoms with Crippen LogP contribution in [0.3, 0.4) is 0 Å². The lowest BCUT2D eigenvalue weighted by molar-refractivity contribution is 0.620. The van der Waals surface area contributed by atoms with Crippen molar-refractivity contribution < 1.29 is 4.42 Å². The maximum atomic E-state index is 6.03. The van der Waals surface area contributed by atoms with Crippen LogP contribution in [0.2, 0.25) is 10.0 Å². The normalized spacial score (nSPS) is 11.0. The molecule has 3 aromatic rings. The number of fused-ring (bicyclic) bond motifs is 1. The van der Waals surface area contributed by atoms with Gasteiger partial charge in [-0.15, -0.1) is 0 Å². The Kier molecular flexibility index (Phi) is 2.65. The van der Waals surface area contributed by atoms with E-state index in [0.717, 1.165) is 5.56 Å². The summed E-state index contributed by atoms with van der Waals surface area (Å²) in [6, 6.07) is 10.7. The van der Waals surface area contributed by atoms with Crippen LogP contribution in [-0.4, -0.2) is 4.98 Å². The lowest BCUT2D eigenvalue weighted by atomic mass is 10.2. The number of oxazole rings is 1. The van der Waals surface area contributed by atoms with E-state index in [9.17, 15) is 0 Å². The van der Waals surface area contributed by atoms with Gasteiger partial charge in [0.25, 0.3) is 0 Å². The fraction of sp³-hybridized carbons (Fsp3) is 0. The number of rotatable bonds is 1. The van der Waals surface area contributed by atoms with Crippen LogP contribution >= 0.6 is 23.2 Å². The minimum atomic E-state index is 0.472. The number of nitrogens with zero attached hydrogens (tertiary/aromatic N) is 1. The predicted molar refractivity (Wildman–Crippen MR) is 73.9 cm³/mol. The van der Waals surface area contributed by atoms with Crippen molar-refractivity contribution in [3.8, 4) is 11.5 Å².